The van der Waals surface area contributed by atoms with Crippen molar-refractivity contribution in [3.05, 3.63) is 39.8 Å². The van der Waals surface area contributed by atoms with Crippen molar-refractivity contribution in [2.45, 2.75) is 19.9 Å². The number of hydrogen-bond acceptors (Lipinski definition) is 6. The molecule has 2 heterocycles. The number of aryl methyl sites for hydroxylation is 2. The van der Waals surface area contributed by atoms with Gasteiger partial charge >= 0.3 is 0 Å². The highest BCUT2D eigenvalue weighted by atomic mass is 16.5. The zero-order valence-electron chi connectivity index (χ0n) is 15.8. The number of fused-ring (bicyclic) bond motifs is 1. The molecule has 2 aromatic heterocycles. The Morgan fingerprint density at radius 3 is 2.58 bits per heavy atom. The van der Waals surface area contributed by atoms with Crippen molar-refractivity contribution in [2.24, 2.45) is 14.1 Å². The number of aromatic nitrogens is 4. The van der Waals surface area contributed by atoms with Crippen LogP contribution in [-0.4, -0.2) is 33.6 Å². The molecule has 0 aliphatic carbocycles. The Kier molecular flexibility index (Phi) is 4.58. The van der Waals surface area contributed by atoms with Crippen LogP contribution in [0.15, 0.2) is 23.0 Å². The summed E-state index contributed by atoms with van der Waals surface area (Å²) in [6, 6.07) is 5.44. The van der Waals surface area contributed by atoms with E-state index in [0.29, 0.717) is 17.0 Å². The van der Waals surface area contributed by atoms with Gasteiger partial charge in [-0.3, -0.25) is 14.0 Å². The molecule has 8 nitrogen and oxygen atoms in total. The van der Waals surface area contributed by atoms with Crippen molar-refractivity contribution in [2.75, 3.05) is 19.5 Å². The highest BCUT2D eigenvalue weighted by molar-refractivity contribution is 5.77. The first-order valence-electron chi connectivity index (χ1n) is 8.26. The predicted octanol–water partition coefficient (Wildman–Crippen LogP) is 2.17. The molecule has 138 valence electrons. The molecule has 0 amide bonds. The Hall–Kier alpha value is -3.03. The molecule has 1 N–H and O–H groups in total. The van der Waals surface area contributed by atoms with E-state index < -0.39 is 0 Å². The lowest BCUT2D eigenvalue weighted by atomic mass is 10.1. The lowest BCUT2D eigenvalue weighted by Crippen LogP contribution is -2.24. The molecular weight excluding hydrogens is 334 g/mol. The number of ether oxygens (including phenoxy) is 2. The van der Waals surface area contributed by atoms with Crippen molar-refractivity contribution in [3.8, 4) is 11.5 Å². The maximum atomic E-state index is 12.7. The van der Waals surface area contributed by atoms with Gasteiger partial charge in [0.2, 0.25) is 5.95 Å². The monoisotopic (exact) mass is 357 g/mol. The van der Waals surface area contributed by atoms with E-state index >= 15 is 0 Å². The largest absolute Gasteiger partial charge is 0.497 e. The molecule has 0 aliphatic heterocycles. The second-order valence-corrected chi connectivity index (χ2v) is 6.18. The second kappa shape index (κ2) is 6.70. The minimum absolute atomic E-state index is 0.148. The Morgan fingerprint density at radius 1 is 1.19 bits per heavy atom. The third kappa shape index (κ3) is 2.87. The molecule has 0 saturated heterocycles. The smallest absolute Gasteiger partial charge is 0.280 e. The number of nitrogens with zero attached hydrogens (tertiary/aromatic N) is 4. The number of methoxy groups -OCH3 is 2. The van der Waals surface area contributed by atoms with Crippen LogP contribution in [0.3, 0.4) is 0 Å². The van der Waals surface area contributed by atoms with Crippen molar-refractivity contribution in [3.63, 3.8) is 0 Å². The predicted molar refractivity (Wildman–Crippen MR) is 100 cm³/mol. The van der Waals surface area contributed by atoms with E-state index in [-0.39, 0.29) is 11.6 Å². The van der Waals surface area contributed by atoms with E-state index in [2.05, 4.69) is 15.4 Å². The fourth-order valence-electron chi connectivity index (χ4n) is 3.03. The number of rotatable bonds is 5. The summed E-state index contributed by atoms with van der Waals surface area (Å²) >= 11 is 0. The van der Waals surface area contributed by atoms with Crippen molar-refractivity contribution >= 4 is 17.0 Å². The van der Waals surface area contributed by atoms with Gasteiger partial charge in [-0.05, 0) is 32.0 Å². The van der Waals surface area contributed by atoms with Crippen LogP contribution in [0, 0.1) is 6.92 Å². The fourth-order valence-corrected chi connectivity index (χ4v) is 3.03. The average Bonchev–Trinajstić information content (AvgIpc) is 2.92. The zero-order chi connectivity index (χ0) is 19.0. The van der Waals surface area contributed by atoms with E-state index in [1.54, 1.807) is 33.0 Å². The Bertz CT molecular complexity index is 1020. The van der Waals surface area contributed by atoms with Gasteiger partial charge in [-0.1, -0.05) is 0 Å². The van der Waals surface area contributed by atoms with E-state index in [4.69, 9.17) is 9.47 Å². The minimum Gasteiger partial charge on any atom is -0.497 e. The molecule has 0 fully saturated rings. The van der Waals surface area contributed by atoms with Gasteiger partial charge in [0, 0.05) is 19.7 Å². The Labute approximate surface area is 151 Å². The number of benzene rings is 1. The molecule has 26 heavy (non-hydrogen) atoms. The normalized spacial score (nSPS) is 12.2. The quantitative estimate of drug-likeness (QED) is 0.753. The summed E-state index contributed by atoms with van der Waals surface area (Å²) in [7, 11) is 6.68. The van der Waals surface area contributed by atoms with Crippen molar-refractivity contribution in [1.82, 2.24) is 19.3 Å². The molecular formula is C18H23N5O3. The Balaban J connectivity index is 2.05. The van der Waals surface area contributed by atoms with E-state index in [1.807, 2.05) is 32.0 Å². The highest BCUT2D eigenvalue weighted by Gasteiger charge is 2.18. The summed E-state index contributed by atoms with van der Waals surface area (Å²) in [5.74, 6) is 1.93. The summed E-state index contributed by atoms with van der Waals surface area (Å²) in [6.07, 6.45) is 0. The maximum Gasteiger partial charge on any atom is 0.280 e. The zero-order valence-corrected chi connectivity index (χ0v) is 15.8. The SMILES string of the molecule is COc1ccc(OC)c(C(C)Nc2nc3c(C)nn(C)c3c(=O)n2C)c1. The number of hydrogen-bond donors (Lipinski definition) is 1. The van der Waals surface area contributed by atoms with Gasteiger partial charge in [-0.15, -0.1) is 0 Å². The lowest BCUT2D eigenvalue weighted by molar-refractivity contribution is 0.397. The molecule has 0 spiro atoms. The highest BCUT2D eigenvalue weighted by Crippen LogP contribution is 2.31. The average molecular weight is 357 g/mol. The van der Waals surface area contributed by atoms with Crippen LogP contribution >= 0.6 is 0 Å². The lowest BCUT2D eigenvalue weighted by Gasteiger charge is -2.20. The molecule has 8 heteroatoms. The first-order valence-corrected chi connectivity index (χ1v) is 8.26. The topological polar surface area (TPSA) is 83.2 Å². The van der Waals surface area contributed by atoms with Crippen LogP contribution in [0.4, 0.5) is 5.95 Å². The molecule has 0 radical (unpaired) electrons. The molecule has 1 unspecified atom stereocenters. The summed E-state index contributed by atoms with van der Waals surface area (Å²) in [5.41, 5.74) is 2.56. The van der Waals surface area contributed by atoms with E-state index in [9.17, 15) is 4.79 Å². The van der Waals surface area contributed by atoms with Gasteiger partial charge < -0.3 is 14.8 Å². The van der Waals surface area contributed by atoms with E-state index in [0.717, 1.165) is 22.8 Å². The summed E-state index contributed by atoms with van der Waals surface area (Å²) in [6.45, 7) is 3.82. The van der Waals surface area contributed by atoms with Gasteiger partial charge in [-0.2, -0.15) is 5.10 Å². The molecule has 1 aromatic carbocycles. The summed E-state index contributed by atoms with van der Waals surface area (Å²) in [4.78, 5) is 17.3. The van der Waals surface area contributed by atoms with Crippen LogP contribution in [-0.2, 0) is 14.1 Å². The standard InChI is InChI=1S/C18H23N5O3/c1-10(13-9-12(25-5)7-8-14(13)26-6)19-18-20-15-11(2)21-23(4)16(15)17(24)22(18)3/h7-10H,1-6H3,(H,19,20). The van der Waals surface area contributed by atoms with Gasteiger partial charge in [0.1, 0.15) is 17.0 Å². The van der Waals surface area contributed by atoms with Crippen LogP contribution in [0.2, 0.25) is 0 Å². The molecule has 0 aliphatic rings. The first kappa shape index (κ1) is 17.8. The van der Waals surface area contributed by atoms with Gasteiger partial charge in [-0.25, -0.2) is 4.98 Å². The van der Waals surface area contributed by atoms with Gasteiger partial charge in [0.25, 0.3) is 5.56 Å². The first-order chi connectivity index (χ1) is 12.4. The van der Waals surface area contributed by atoms with Crippen LogP contribution in [0.25, 0.3) is 11.0 Å². The third-order valence-corrected chi connectivity index (χ3v) is 4.48. The Morgan fingerprint density at radius 2 is 1.92 bits per heavy atom. The van der Waals surface area contributed by atoms with Crippen molar-refractivity contribution in [1.29, 1.82) is 0 Å². The molecule has 0 saturated carbocycles. The van der Waals surface area contributed by atoms with Crippen molar-refractivity contribution < 1.29 is 9.47 Å². The molecule has 1 atom stereocenters. The molecule has 3 aromatic rings. The number of nitrogens with one attached hydrogen (secondary N) is 1. The second-order valence-electron chi connectivity index (χ2n) is 6.18. The van der Waals surface area contributed by atoms with Crippen LogP contribution < -0.4 is 20.3 Å². The summed E-state index contributed by atoms with van der Waals surface area (Å²) in [5, 5.41) is 7.60. The van der Waals surface area contributed by atoms with E-state index in [1.165, 1.54) is 4.57 Å². The number of anilines is 1. The fraction of sp³-hybridized carbons (Fsp3) is 0.389. The molecule has 0 bridgehead atoms. The molecule has 3 rings (SSSR count). The van der Waals surface area contributed by atoms with Gasteiger partial charge in [0.05, 0.1) is 26.0 Å². The minimum atomic E-state index is -0.160. The van der Waals surface area contributed by atoms with Gasteiger partial charge in [0.15, 0.2) is 5.52 Å². The third-order valence-electron chi connectivity index (χ3n) is 4.48. The maximum absolute atomic E-state index is 12.7. The van der Waals surface area contributed by atoms with Crippen LogP contribution in [0.1, 0.15) is 24.2 Å². The summed E-state index contributed by atoms with van der Waals surface area (Å²) < 4.78 is 13.8. The van der Waals surface area contributed by atoms with Crippen LogP contribution in [0.5, 0.6) is 11.5 Å².